The lowest BCUT2D eigenvalue weighted by atomic mass is 9.91. The lowest BCUT2D eigenvalue weighted by Crippen LogP contribution is -2.42. The number of nitrogens with zero attached hydrogens (tertiary/aromatic N) is 3. The molecule has 0 spiro atoms. The third kappa shape index (κ3) is 4.14. The smallest absolute Gasteiger partial charge is 0.324 e. The first-order valence-electron chi connectivity index (χ1n) is 8.66. The van der Waals surface area contributed by atoms with Crippen molar-refractivity contribution < 1.29 is 24.2 Å². The zero-order chi connectivity index (χ0) is 22.9. The average molecular weight is 448 g/mol. The van der Waals surface area contributed by atoms with Gasteiger partial charge < -0.3 is 10.6 Å². The molecule has 2 aromatic carbocycles. The number of carbonyl (C=O) groups excluding carboxylic acids is 3. The van der Waals surface area contributed by atoms with Crippen LogP contribution in [0.5, 0.6) is 0 Å². The highest BCUT2D eigenvalue weighted by atomic mass is 35.5. The number of benzene rings is 2. The molecule has 2 aromatic rings. The summed E-state index contributed by atoms with van der Waals surface area (Å²) in [6.45, 7) is 0.693. The number of rotatable bonds is 6. The van der Waals surface area contributed by atoms with Crippen molar-refractivity contribution in [1.82, 2.24) is 10.2 Å². The molecule has 1 aliphatic rings. The van der Waals surface area contributed by atoms with Crippen molar-refractivity contribution in [1.29, 1.82) is 0 Å². The Balaban J connectivity index is 1.78. The van der Waals surface area contributed by atoms with Crippen LogP contribution in [0.1, 0.15) is 12.5 Å². The van der Waals surface area contributed by atoms with E-state index in [-0.39, 0.29) is 22.0 Å². The first kappa shape index (κ1) is 21.6. The van der Waals surface area contributed by atoms with Crippen molar-refractivity contribution in [3.05, 3.63) is 73.3 Å². The standard InChI is InChI=1S/C18H14ClN5O7/c1-18(10-3-2-4-12(7-10)23(28)29)16(26)22(17(27)21-18)9-15(25)20-11-5-6-13(19)14(8-11)24(30)31/h2-8H,9H2,1H3,(H,20,25)(H,21,27). The summed E-state index contributed by atoms with van der Waals surface area (Å²) in [4.78, 5) is 58.8. The quantitative estimate of drug-likeness (QED) is 0.390. The van der Waals surface area contributed by atoms with Crippen molar-refractivity contribution in [2.45, 2.75) is 12.5 Å². The molecule has 1 aliphatic heterocycles. The number of nitro groups is 2. The zero-order valence-electron chi connectivity index (χ0n) is 15.8. The van der Waals surface area contributed by atoms with E-state index < -0.39 is 45.5 Å². The molecular weight excluding hydrogens is 434 g/mol. The summed E-state index contributed by atoms with van der Waals surface area (Å²) in [5.74, 6) is -1.57. The van der Waals surface area contributed by atoms with Gasteiger partial charge in [-0.2, -0.15) is 0 Å². The number of urea groups is 1. The molecule has 0 aliphatic carbocycles. The highest BCUT2D eigenvalue weighted by Gasteiger charge is 2.49. The summed E-state index contributed by atoms with van der Waals surface area (Å²) in [6.07, 6.45) is 0. The molecule has 3 rings (SSSR count). The third-order valence-corrected chi connectivity index (χ3v) is 4.96. The van der Waals surface area contributed by atoms with Crippen LogP contribution >= 0.6 is 11.6 Å². The predicted molar refractivity (Wildman–Crippen MR) is 107 cm³/mol. The van der Waals surface area contributed by atoms with E-state index in [2.05, 4.69) is 10.6 Å². The molecule has 4 amide bonds. The summed E-state index contributed by atoms with van der Waals surface area (Å²) in [7, 11) is 0. The van der Waals surface area contributed by atoms with E-state index in [0.717, 1.165) is 12.1 Å². The van der Waals surface area contributed by atoms with Gasteiger partial charge in [-0.15, -0.1) is 0 Å². The fourth-order valence-corrected chi connectivity index (χ4v) is 3.23. The van der Waals surface area contributed by atoms with Gasteiger partial charge in [-0.3, -0.25) is 34.7 Å². The Morgan fingerprint density at radius 3 is 2.52 bits per heavy atom. The Labute approximate surface area is 179 Å². The minimum absolute atomic E-state index is 0.0506. The Hall–Kier alpha value is -4.06. The molecule has 0 radical (unpaired) electrons. The first-order chi connectivity index (χ1) is 14.5. The van der Waals surface area contributed by atoms with E-state index in [9.17, 15) is 34.6 Å². The molecule has 31 heavy (non-hydrogen) atoms. The molecule has 1 saturated heterocycles. The maximum absolute atomic E-state index is 12.9. The second kappa shape index (κ2) is 7.99. The van der Waals surface area contributed by atoms with Crippen molar-refractivity contribution in [2.24, 2.45) is 0 Å². The molecule has 1 fully saturated rings. The first-order valence-corrected chi connectivity index (χ1v) is 9.03. The average Bonchev–Trinajstić information content (AvgIpc) is 2.93. The third-order valence-electron chi connectivity index (χ3n) is 4.64. The molecule has 160 valence electrons. The minimum Gasteiger partial charge on any atom is -0.324 e. The SMILES string of the molecule is CC1(c2cccc([N+](=O)[O-])c2)NC(=O)N(CC(=O)Nc2ccc(Cl)c([N+](=O)[O-])c2)C1=O. The molecule has 12 nitrogen and oxygen atoms in total. The van der Waals surface area contributed by atoms with Gasteiger partial charge in [0.05, 0.1) is 9.85 Å². The zero-order valence-corrected chi connectivity index (χ0v) is 16.6. The maximum atomic E-state index is 12.9. The van der Waals surface area contributed by atoms with Crippen molar-refractivity contribution in [3.8, 4) is 0 Å². The van der Waals surface area contributed by atoms with Crippen molar-refractivity contribution in [2.75, 3.05) is 11.9 Å². The van der Waals surface area contributed by atoms with Crippen LogP contribution in [0, 0.1) is 20.2 Å². The largest absolute Gasteiger partial charge is 0.325 e. The molecule has 1 heterocycles. The monoisotopic (exact) mass is 447 g/mol. The van der Waals surface area contributed by atoms with Gasteiger partial charge in [0.1, 0.15) is 17.1 Å². The number of nitro benzene ring substituents is 2. The Morgan fingerprint density at radius 1 is 1.16 bits per heavy atom. The van der Waals surface area contributed by atoms with Gasteiger partial charge in [-0.05, 0) is 24.6 Å². The summed E-state index contributed by atoms with van der Waals surface area (Å²) < 4.78 is 0. The van der Waals surface area contributed by atoms with Gasteiger partial charge in [0, 0.05) is 23.9 Å². The molecule has 1 unspecified atom stereocenters. The van der Waals surface area contributed by atoms with Crippen LogP contribution in [0.3, 0.4) is 0 Å². The van der Waals surface area contributed by atoms with Gasteiger partial charge in [0.25, 0.3) is 17.3 Å². The lowest BCUT2D eigenvalue weighted by molar-refractivity contribution is -0.385. The molecule has 0 bridgehead atoms. The molecular formula is C18H14ClN5O7. The fourth-order valence-electron chi connectivity index (χ4n) is 3.04. The number of carbonyl (C=O) groups is 3. The van der Waals surface area contributed by atoms with Crippen molar-refractivity contribution >= 4 is 46.5 Å². The number of anilines is 1. The van der Waals surface area contributed by atoms with E-state index >= 15 is 0 Å². The van der Waals surface area contributed by atoms with Gasteiger partial charge in [0.2, 0.25) is 5.91 Å². The minimum atomic E-state index is -1.61. The number of non-ortho nitro benzene ring substituents is 1. The number of hydrogen-bond donors (Lipinski definition) is 2. The fraction of sp³-hybridized carbons (Fsp3) is 0.167. The molecule has 0 aromatic heterocycles. The van der Waals surface area contributed by atoms with E-state index in [4.69, 9.17) is 11.6 Å². The number of halogens is 1. The molecule has 13 heteroatoms. The van der Waals surface area contributed by atoms with E-state index in [1.807, 2.05) is 0 Å². The van der Waals surface area contributed by atoms with Crippen LogP contribution in [0.2, 0.25) is 5.02 Å². The second-order valence-corrected chi connectivity index (χ2v) is 7.13. The van der Waals surface area contributed by atoms with Crippen LogP contribution < -0.4 is 10.6 Å². The normalized spacial score (nSPS) is 17.9. The summed E-state index contributed by atoms with van der Waals surface area (Å²) in [6, 6.07) is 7.95. The summed E-state index contributed by atoms with van der Waals surface area (Å²) in [5.41, 5.74) is -2.07. The van der Waals surface area contributed by atoms with E-state index in [0.29, 0.717) is 4.90 Å². The summed E-state index contributed by atoms with van der Waals surface area (Å²) >= 11 is 5.72. The van der Waals surface area contributed by atoms with Gasteiger partial charge in [-0.1, -0.05) is 23.7 Å². The van der Waals surface area contributed by atoms with Crippen LogP contribution in [0.4, 0.5) is 21.9 Å². The molecule has 1 atom stereocenters. The van der Waals surface area contributed by atoms with E-state index in [1.165, 1.54) is 37.3 Å². The number of imide groups is 1. The lowest BCUT2D eigenvalue weighted by Gasteiger charge is -2.22. The van der Waals surface area contributed by atoms with Crippen LogP contribution in [0.25, 0.3) is 0 Å². The number of amides is 4. The topological polar surface area (TPSA) is 165 Å². The number of hydrogen-bond acceptors (Lipinski definition) is 7. The Kier molecular flexibility index (Phi) is 5.58. The van der Waals surface area contributed by atoms with Crippen molar-refractivity contribution in [3.63, 3.8) is 0 Å². The van der Waals surface area contributed by atoms with E-state index in [1.54, 1.807) is 0 Å². The summed E-state index contributed by atoms with van der Waals surface area (Å²) in [5, 5.41) is 26.6. The molecule has 0 saturated carbocycles. The van der Waals surface area contributed by atoms with Gasteiger partial charge in [-0.25, -0.2) is 4.79 Å². The van der Waals surface area contributed by atoms with Crippen LogP contribution in [0.15, 0.2) is 42.5 Å². The highest BCUT2D eigenvalue weighted by molar-refractivity contribution is 6.32. The maximum Gasteiger partial charge on any atom is 0.325 e. The molecule has 2 N–H and O–H groups in total. The van der Waals surface area contributed by atoms with Gasteiger partial charge >= 0.3 is 6.03 Å². The van der Waals surface area contributed by atoms with Crippen LogP contribution in [-0.4, -0.2) is 39.1 Å². The Morgan fingerprint density at radius 2 is 1.87 bits per heavy atom. The second-order valence-electron chi connectivity index (χ2n) is 6.73. The highest BCUT2D eigenvalue weighted by Crippen LogP contribution is 2.31. The van der Waals surface area contributed by atoms with Crippen LogP contribution in [-0.2, 0) is 15.1 Å². The number of nitrogens with one attached hydrogen (secondary N) is 2. The van der Waals surface area contributed by atoms with Gasteiger partial charge in [0.15, 0.2) is 0 Å². The Bertz CT molecular complexity index is 1140. The predicted octanol–water partition coefficient (Wildman–Crippen LogP) is 2.56.